The van der Waals surface area contributed by atoms with Gasteiger partial charge in [-0.2, -0.15) is 0 Å². The third-order valence-corrected chi connectivity index (χ3v) is 5.60. The van der Waals surface area contributed by atoms with Crippen molar-refractivity contribution in [2.45, 2.75) is 57.4 Å². The first kappa shape index (κ1) is 18.9. The molecular weight excluding hydrogens is 334 g/mol. The molecule has 7 heteroatoms. The quantitative estimate of drug-likeness (QED) is 0.752. The van der Waals surface area contributed by atoms with E-state index in [0.29, 0.717) is 30.7 Å². The topological polar surface area (TPSA) is 93.5 Å². The number of methoxy groups -OCH3 is 1. The predicted octanol–water partition coefficient (Wildman–Crippen LogP) is 2.07. The maximum Gasteiger partial charge on any atom is 0.376 e. The summed E-state index contributed by atoms with van der Waals surface area (Å²) < 4.78 is 9.70. The molecule has 3 rings (SSSR count). The fourth-order valence-corrected chi connectivity index (χ4v) is 4.13. The molecule has 1 aromatic heterocycles. The molecule has 2 atom stereocenters. The Morgan fingerprint density at radius 3 is 2.85 bits per heavy atom. The fraction of sp³-hybridized carbons (Fsp3) is 0.737. The van der Waals surface area contributed by atoms with Crippen LogP contribution in [0.2, 0.25) is 0 Å². The fourth-order valence-electron chi connectivity index (χ4n) is 4.13. The van der Waals surface area contributed by atoms with Crippen molar-refractivity contribution in [1.29, 1.82) is 0 Å². The molecule has 1 aliphatic heterocycles. The zero-order chi connectivity index (χ0) is 18.4. The summed E-state index contributed by atoms with van der Waals surface area (Å²) in [4.78, 5) is 24.0. The van der Waals surface area contributed by atoms with Gasteiger partial charge in [0.1, 0.15) is 0 Å². The van der Waals surface area contributed by atoms with E-state index in [2.05, 4.69) is 20.5 Å². The number of hydrogen-bond donors (Lipinski definition) is 2. The first-order chi connectivity index (χ1) is 12.7. The third kappa shape index (κ3) is 5.06. The van der Waals surface area contributed by atoms with Gasteiger partial charge in [-0.25, -0.2) is 4.79 Å². The summed E-state index contributed by atoms with van der Waals surface area (Å²) in [5.74, 6) is 0.394. The van der Waals surface area contributed by atoms with Crippen LogP contribution in [-0.4, -0.2) is 43.3 Å². The van der Waals surface area contributed by atoms with Crippen molar-refractivity contribution < 1.29 is 18.8 Å². The second-order valence-electron chi connectivity index (χ2n) is 7.50. The van der Waals surface area contributed by atoms with Crippen LogP contribution < -0.4 is 10.6 Å². The third-order valence-electron chi connectivity index (χ3n) is 5.60. The van der Waals surface area contributed by atoms with Gasteiger partial charge in [0.25, 0.3) is 0 Å². The number of esters is 1. The van der Waals surface area contributed by atoms with E-state index in [1.807, 2.05) is 0 Å². The molecule has 1 saturated heterocycles. The van der Waals surface area contributed by atoms with Crippen LogP contribution in [0, 0.1) is 11.8 Å². The number of nitrogens with zero attached hydrogens (tertiary/aromatic N) is 1. The molecular formula is C19H29N3O4. The number of rotatable bonds is 6. The van der Waals surface area contributed by atoms with E-state index >= 15 is 0 Å². The highest BCUT2D eigenvalue weighted by atomic mass is 16.5. The molecule has 1 saturated carbocycles. The van der Waals surface area contributed by atoms with Crippen molar-refractivity contribution in [3.63, 3.8) is 0 Å². The Hall–Kier alpha value is -1.89. The summed E-state index contributed by atoms with van der Waals surface area (Å²) in [5.41, 5.74) is 0.733. The number of ether oxygens (including phenoxy) is 1. The molecule has 0 aromatic carbocycles. The van der Waals surface area contributed by atoms with E-state index in [4.69, 9.17) is 4.52 Å². The van der Waals surface area contributed by atoms with Crippen LogP contribution in [0.25, 0.3) is 0 Å². The normalized spacial score (nSPS) is 24.2. The average molecular weight is 363 g/mol. The molecule has 2 fully saturated rings. The maximum absolute atomic E-state index is 12.5. The van der Waals surface area contributed by atoms with Crippen LogP contribution in [-0.2, 0) is 16.0 Å². The van der Waals surface area contributed by atoms with Crippen molar-refractivity contribution in [3.8, 4) is 0 Å². The Bertz CT molecular complexity index is 610. The van der Waals surface area contributed by atoms with Gasteiger partial charge >= 0.3 is 5.97 Å². The number of piperidine rings is 1. The zero-order valence-electron chi connectivity index (χ0n) is 15.5. The number of nitrogens with one attached hydrogen (secondary N) is 2. The van der Waals surface area contributed by atoms with E-state index in [0.717, 1.165) is 38.0 Å². The van der Waals surface area contributed by atoms with Crippen LogP contribution in [0.1, 0.15) is 61.2 Å². The van der Waals surface area contributed by atoms with E-state index in [-0.39, 0.29) is 11.7 Å². The lowest BCUT2D eigenvalue weighted by Gasteiger charge is -2.32. The lowest BCUT2D eigenvalue weighted by molar-refractivity contribution is -0.123. The van der Waals surface area contributed by atoms with Crippen molar-refractivity contribution in [2.75, 3.05) is 20.2 Å². The van der Waals surface area contributed by atoms with Gasteiger partial charge in [-0.1, -0.05) is 24.4 Å². The van der Waals surface area contributed by atoms with Gasteiger partial charge in [0.15, 0.2) is 0 Å². The van der Waals surface area contributed by atoms with Crippen LogP contribution >= 0.6 is 0 Å². The summed E-state index contributed by atoms with van der Waals surface area (Å²) in [6, 6.07) is 1.99. The summed E-state index contributed by atoms with van der Waals surface area (Å²) >= 11 is 0. The highest BCUT2D eigenvalue weighted by Crippen LogP contribution is 2.27. The summed E-state index contributed by atoms with van der Waals surface area (Å²) in [6.07, 6.45) is 8.16. The first-order valence-electron chi connectivity index (χ1n) is 9.69. The summed E-state index contributed by atoms with van der Waals surface area (Å²) in [6.45, 7) is 1.78. The van der Waals surface area contributed by atoms with Gasteiger partial charge in [-0.15, -0.1) is 0 Å². The van der Waals surface area contributed by atoms with Gasteiger partial charge < -0.3 is 19.9 Å². The second kappa shape index (κ2) is 9.16. The number of carbonyl (C=O) groups excluding carboxylic acids is 2. The van der Waals surface area contributed by atoms with Gasteiger partial charge in [-0.3, -0.25) is 4.79 Å². The Morgan fingerprint density at radius 2 is 2.08 bits per heavy atom. The van der Waals surface area contributed by atoms with Gasteiger partial charge in [0, 0.05) is 18.5 Å². The van der Waals surface area contributed by atoms with E-state index in [9.17, 15) is 9.59 Å². The molecule has 0 radical (unpaired) electrons. The van der Waals surface area contributed by atoms with Crippen molar-refractivity contribution in [2.24, 2.45) is 11.8 Å². The zero-order valence-corrected chi connectivity index (χ0v) is 15.5. The van der Waals surface area contributed by atoms with Gasteiger partial charge in [0.05, 0.1) is 12.8 Å². The molecule has 1 amide bonds. The minimum absolute atomic E-state index is 0.123. The molecule has 0 bridgehead atoms. The predicted molar refractivity (Wildman–Crippen MR) is 95.6 cm³/mol. The highest BCUT2D eigenvalue weighted by molar-refractivity contribution is 5.86. The van der Waals surface area contributed by atoms with Crippen LogP contribution in [0.3, 0.4) is 0 Å². The minimum Gasteiger partial charge on any atom is -0.463 e. The Balaban J connectivity index is 1.54. The highest BCUT2D eigenvalue weighted by Gasteiger charge is 2.29. The Kier molecular flexibility index (Phi) is 6.66. The van der Waals surface area contributed by atoms with Crippen molar-refractivity contribution >= 4 is 11.9 Å². The molecule has 2 N–H and O–H groups in total. The molecule has 1 aliphatic carbocycles. The second-order valence-corrected chi connectivity index (χ2v) is 7.50. The van der Waals surface area contributed by atoms with Crippen molar-refractivity contribution in [1.82, 2.24) is 15.8 Å². The molecule has 0 unspecified atom stereocenters. The van der Waals surface area contributed by atoms with E-state index < -0.39 is 5.97 Å². The largest absolute Gasteiger partial charge is 0.463 e. The molecule has 1 aromatic rings. The monoisotopic (exact) mass is 363 g/mol. The molecule has 2 aliphatic rings. The van der Waals surface area contributed by atoms with Crippen LogP contribution in [0.5, 0.6) is 0 Å². The van der Waals surface area contributed by atoms with Crippen LogP contribution in [0.4, 0.5) is 0 Å². The lowest BCUT2D eigenvalue weighted by atomic mass is 9.81. The van der Waals surface area contributed by atoms with Gasteiger partial charge in [-0.05, 0) is 50.6 Å². The molecule has 26 heavy (non-hydrogen) atoms. The Labute approximate surface area is 154 Å². The smallest absolute Gasteiger partial charge is 0.376 e. The SMILES string of the molecule is COC(=O)c1cc(C[C@@H]2CNCC[C@H]2CC(=O)NC2CCCCC2)no1. The van der Waals surface area contributed by atoms with E-state index in [1.165, 1.54) is 26.4 Å². The number of amides is 1. The first-order valence-corrected chi connectivity index (χ1v) is 9.69. The summed E-state index contributed by atoms with van der Waals surface area (Å²) in [7, 11) is 1.32. The number of aromatic nitrogens is 1. The average Bonchev–Trinajstić information content (AvgIpc) is 3.12. The molecule has 0 spiro atoms. The molecule has 144 valence electrons. The summed E-state index contributed by atoms with van der Waals surface area (Å²) in [5, 5.41) is 10.6. The maximum atomic E-state index is 12.5. The van der Waals surface area contributed by atoms with E-state index in [1.54, 1.807) is 6.07 Å². The van der Waals surface area contributed by atoms with Crippen molar-refractivity contribution in [3.05, 3.63) is 17.5 Å². The van der Waals surface area contributed by atoms with Gasteiger partial charge in [0.2, 0.25) is 11.7 Å². The lowest BCUT2D eigenvalue weighted by Crippen LogP contribution is -2.42. The molecule has 2 heterocycles. The molecule has 7 nitrogen and oxygen atoms in total. The van der Waals surface area contributed by atoms with Crippen LogP contribution in [0.15, 0.2) is 10.6 Å². The Morgan fingerprint density at radius 1 is 1.27 bits per heavy atom. The standard InChI is InChI=1S/C19H29N3O4/c1-25-19(24)17-11-16(22-26-17)9-14-12-20-8-7-13(14)10-18(23)21-15-5-3-2-4-6-15/h11,13-15,20H,2-10,12H2,1H3,(H,21,23)/t13-,14+/m0/s1. The minimum atomic E-state index is -0.520. The number of carbonyl (C=O) groups is 2. The number of hydrogen-bond acceptors (Lipinski definition) is 6.